The summed E-state index contributed by atoms with van der Waals surface area (Å²) in [7, 11) is 1.51. The molecule has 1 fully saturated rings. The van der Waals surface area contributed by atoms with Gasteiger partial charge in [0.15, 0.2) is 0 Å². The Hall–Kier alpha value is -1.95. The fourth-order valence-corrected chi connectivity index (χ4v) is 3.11. The van der Waals surface area contributed by atoms with Crippen LogP contribution in [0.5, 0.6) is 11.5 Å². The van der Waals surface area contributed by atoms with E-state index < -0.39 is 55.4 Å². The van der Waals surface area contributed by atoms with Gasteiger partial charge in [0.25, 0.3) is 0 Å². The number of aliphatic hydroxyl groups excluding tert-OH is 5. The number of methoxy groups -OCH3 is 1. The van der Waals surface area contributed by atoms with Gasteiger partial charge in [-0.2, -0.15) is 0 Å². The molecule has 0 bridgehead atoms. The molecule has 1 aliphatic rings. The number of hydrogen-bond donors (Lipinski definition) is 6. The molecule has 2 rings (SSSR count). The summed E-state index contributed by atoms with van der Waals surface area (Å²) in [6, 6.07) is 5.30. The van der Waals surface area contributed by atoms with E-state index in [0.717, 1.165) is 0 Å². The number of rotatable bonds is 8. The molecule has 0 spiro atoms. The van der Waals surface area contributed by atoms with E-state index in [1.54, 1.807) is 24.3 Å². The Kier molecular flexibility index (Phi) is 7.58. The van der Waals surface area contributed by atoms with Gasteiger partial charge in [-0.15, -0.1) is 0 Å². The number of amides is 1. The fourth-order valence-electron chi connectivity index (χ4n) is 3.11. The zero-order chi connectivity index (χ0) is 20.9. The van der Waals surface area contributed by atoms with Crippen molar-refractivity contribution in [1.29, 1.82) is 0 Å². The first-order valence-electron chi connectivity index (χ1n) is 8.79. The van der Waals surface area contributed by atoms with Gasteiger partial charge in [0.1, 0.15) is 36.4 Å². The first kappa shape index (κ1) is 22.3. The summed E-state index contributed by atoms with van der Waals surface area (Å²) < 4.78 is 16.6. The van der Waals surface area contributed by atoms with Crippen molar-refractivity contribution in [3.05, 3.63) is 24.3 Å². The van der Waals surface area contributed by atoms with Gasteiger partial charge in [-0.3, -0.25) is 4.79 Å². The molecule has 1 aromatic carbocycles. The van der Waals surface area contributed by atoms with Crippen LogP contribution in [0.3, 0.4) is 0 Å². The highest BCUT2D eigenvalue weighted by Crippen LogP contribution is 2.34. The van der Waals surface area contributed by atoms with E-state index in [1.165, 1.54) is 14.0 Å². The van der Waals surface area contributed by atoms with Crippen molar-refractivity contribution in [1.82, 2.24) is 5.32 Å². The van der Waals surface area contributed by atoms with Crippen LogP contribution < -0.4 is 14.8 Å². The summed E-state index contributed by atoms with van der Waals surface area (Å²) >= 11 is 0. The topological polar surface area (TPSA) is 158 Å². The Labute approximate surface area is 162 Å². The average Bonchev–Trinajstić information content (AvgIpc) is 2.69. The van der Waals surface area contributed by atoms with E-state index in [1.807, 2.05) is 0 Å². The van der Waals surface area contributed by atoms with Crippen LogP contribution in [0.1, 0.15) is 13.3 Å². The SMILES string of the molecule is COc1ccc(O[C@]2(CO)C[C@H](O)[C@@H](NC(C)=O)[C@H]([C@H](O)[C@H](O)CO)O2)cc1. The third-order valence-electron chi connectivity index (χ3n) is 4.53. The summed E-state index contributed by atoms with van der Waals surface area (Å²) in [4.78, 5) is 11.5. The Morgan fingerprint density at radius 2 is 1.89 bits per heavy atom. The van der Waals surface area contributed by atoms with Crippen molar-refractivity contribution in [3.63, 3.8) is 0 Å². The van der Waals surface area contributed by atoms with Gasteiger partial charge in [0, 0.05) is 13.3 Å². The highest BCUT2D eigenvalue weighted by Gasteiger charge is 2.52. The monoisotopic (exact) mass is 401 g/mol. The van der Waals surface area contributed by atoms with E-state index >= 15 is 0 Å². The van der Waals surface area contributed by atoms with Gasteiger partial charge < -0.3 is 45.1 Å². The molecule has 1 saturated heterocycles. The zero-order valence-corrected chi connectivity index (χ0v) is 15.7. The lowest BCUT2D eigenvalue weighted by atomic mass is 9.88. The van der Waals surface area contributed by atoms with E-state index in [-0.39, 0.29) is 6.42 Å². The maximum absolute atomic E-state index is 11.5. The fraction of sp³-hybridized carbons (Fsp3) is 0.611. The molecular formula is C18H27NO9. The second kappa shape index (κ2) is 9.50. The average molecular weight is 401 g/mol. The predicted octanol–water partition coefficient (Wildman–Crippen LogP) is -1.87. The smallest absolute Gasteiger partial charge is 0.236 e. The van der Waals surface area contributed by atoms with E-state index in [4.69, 9.17) is 19.3 Å². The molecule has 10 heteroatoms. The molecule has 0 radical (unpaired) electrons. The number of carbonyl (C=O) groups is 1. The minimum Gasteiger partial charge on any atom is -0.497 e. The van der Waals surface area contributed by atoms with Crippen LogP contribution in [0.4, 0.5) is 0 Å². The van der Waals surface area contributed by atoms with Gasteiger partial charge in [0.2, 0.25) is 11.7 Å². The molecule has 0 unspecified atom stereocenters. The standard InChI is InChI=1S/C18H27NO9/c1-10(22)19-15-13(23)7-18(9-21,28-17(15)16(25)14(24)8-20)27-12-5-3-11(26-2)4-6-12/h3-6,13-17,20-21,23-25H,7-9H2,1-2H3,(H,19,22)/t13-,14+,15+,16+,17+,18+/m0/s1. The molecular weight excluding hydrogens is 374 g/mol. The van der Waals surface area contributed by atoms with E-state index in [0.29, 0.717) is 11.5 Å². The zero-order valence-electron chi connectivity index (χ0n) is 15.7. The molecule has 6 atom stereocenters. The number of benzene rings is 1. The van der Waals surface area contributed by atoms with Crippen molar-refractivity contribution < 1.29 is 44.5 Å². The normalized spacial score (nSPS) is 29.6. The van der Waals surface area contributed by atoms with Gasteiger partial charge in [-0.1, -0.05) is 0 Å². The van der Waals surface area contributed by atoms with Gasteiger partial charge in [0.05, 0.1) is 25.9 Å². The van der Waals surface area contributed by atoms with E-state index in [2.05, 4.69) is 5.32 Å². The number of aliphatic hydroxyl groups is 5. The third kappa shape index (κ3) is 5.10. The summed E-state index contributed by atoms with van der Waals surface area (Å²) in [5, 5.41) is 52.2. The Morgan fingerprint density at radius 3 is 2.39 bits per heavy atom. The van der Waals surface area contributed by atoms with Crippen LogP contribution in [0.15, 0.2) is 24.3 Å². The number of ether oxygens (including phenoxy) is 3. The summed E-state index contributed by atoms with van der Waals surface area (Å²) in [6.45, 7) is -0.225. The second-order valence-corrected chi connectivity index (χ2v) is 6.67. The molecule has 1 aliphatic heterocycles. The molecule has 1 aromatic rings. The van der Waals surface area contributed by atoms with Crippen LogP contribution in [0.2, 0.25) is 0 Å². The quantitative estimate of drug-likeness (QED) is 0.294. The summed E-state index contributed by atoms with van der Waals surface area (Å²) in [6.07, 6.45) is -6.11. The molecule has 10 nitrogen and oxygen atoms in total. The van der Waals surface area contributed by atoms with Crippen molar-refractivity contribution in [2.24, 2.45) is 0 Å². The Balaban J connectivity index is 2.30. The first-order valence-corrected chi connectivity index (χ1v) is 8.79. The minimum atomic E-state index is -1.75. The molecule has 0 aromatic heterocycles. The molecule has 0 saturated carbocycles. The lowest BCUT2D eigenvalue weighted by Crippen LogP contribution is -2.67. The van der Waals surface area contributed by atoms with Crippen molar-refractivity contribution in [2.45, 2.75) is 49.6 Å². The van der Waals surface area contributed by atoms with Gasteiger partial charge in [-0.25, -0.2) is 0 Å². The largest absolute Gasteiger partial charge is 0.497 e. The number of hydrogen-bond acceptors (Lipinski definition) is 9. The molecule has 6 N–H and O–H groups in total. The lowest BCUT2D eigenvalue weighted by molar-refractivity contribution is -0.299. The van der Waals surface area contributed by atoms with Crippen LogP contribution in [-0.2, 0) is 9.53 Å². The van der Waals surface area contributed by atoms with E-state index in [9.17, 15) is 25.2 Å². The van der Waals surface area contributed by atoms with Crippen molar-refractivity contribution >= 4 is 5.91 Å². The lowest BCUT2D eigenvalue weighted by Gasteiger charge is -2.47. The summed E-state index contributed by atoms with van der Waals surface area (Å²) in [5.74, 6) is -1.35. The first-order chi connectivity index (χ1) is 13.2. The highest BCUT2D eigenvalue weighted by atomic mass is 16.7. The Bertz CT molecular complexity index is 640. The highest BCUT2D eigenvalue weighted by molar-refractivity contribution is 5.73. The third-order valence-corrected chi connectivity index (χ3v) is 4.53. The van der Waals surface area contributed by atoms with Crippen molar-refractivity contribution in [3.8, 4) is 11.5 Å². The second-order valence-electron chi connectivity index (χ2n) is 6.67. The van der Waals surface area contributed by atoms with Gasteiger partial charge >= 0.3 is 0 Å². The van der Waals surface area contributed by atoms with Crippen LogP contribution in [0, 0.1) is 0 Å². The maximum Gasteiger partial charge on any atom is 0.236 e. The maximum atomic E-state index is 11.5. The molecule has 158 valence electrons. The van der Waals surface area contributed by atoms with Crippen LogP contribution >= 0.6 is 0 Å². The number of nitrogens with one attached hydrogen (secondary N) is 1. The predicted molar refractivity (Wildman–Crippen MR) is 95.6 cm³/mol. The minimum absolute atomic E-state index is 0.223. The Morgan fingerprint density at radius 1 is 1.29 bits per heavy atom. The van der Waals surface area contributed by atoms with Gasteiger partial charge in [-0.05, 0) is 24.3 Å². The molecule has 0 aliphatic carbocycles. The summed E-state index contributed by atoms with van der Waals surface area (Å²) in [5.41, 5.74) is 0. The van der Waals surface area contributed by atoms with Crippen LogP contribution in [-0.4, -0.2) is 88.0 Å². The van der Waals surface area contributed by atoms with Crippen molar-refractivity contribution in [2.75, 3.05) is 20.3 Å². The molecule has 28 heavy (non-hydrogen) atoms. The molecule has 1 amide bonds. The van der Waals surface area contributed by atoms with Crippen LogP contribution in [0.25, 0.3) is 0 Å². The number of carbonyl (C=O) groups excluding carboxylic acids is 1. The molecule has 1 heterocycles.